The van der Waals surface area contributed by atoms with Gasteiger partial charge in [-0.25, -0.2) is 4.52 Å². The maximum absolute atomic E-state index is 7.07. The molecular formula is C30H34Cl2N5P3. The van der Waals surface area contributed by atoms with Crippen molar-refractivity contribution in [3.63, 3.8) is 0 Å². The zero-order valence-electron chi connectivity index (χ0n) is 23.0. The van der Waals surface area contributed by atoms with E-state index in [0.717, 1.165) is 22.0 Å². The Bertz CT molecular complexity index is 1530. The maximum Gasteiger partial charge on any atom is 0.265 e. The third kappa shape index (κ3) is 6.46. The fraction of sp³-hybridized carbons (Fsp3) is 0.200. The van der Waals surface area contributed by atoms with Gasteiger partial charge in [-0.3, -0.25) is 0 Å². The standard InChI is InChI=1S/C30H34Cl2N5P3/c1-23(2)25-15-19-27(20-16-25)33-40(34-28-21-17-26(18-22-28)24(3)4)36-38(35-39(31,32)37-40,29-11-7-5-8-12-29)30-13-9-6-10-14-30/h5-24,33-34H,1-4H3. The van der Waals surface area contributed by atoms with Crippen LogP contribution in [-0.2, 0) is 0 Å². The van der Waals surface area contributed by atoms with Gasteiger partial charge in [-0.05, 0) is 69.7 Å². The molecule has 1 heterocycles. The van der Waals surface area contributed by atoms with Crippen LogP contribution in [0.2, 0.25) is 0 Å². The van der Waals surface area contributed by atoms with E-state index >= 15 is 0 Å². The van der Waals surface area contributed by atoms with Crippen LogP contribution >= 0.6 is 43.1 Å². The molecule has 0 atom stereocenters. The monoisotopic (exact) mass is 627 g/mol. The second kappa shape index (κ2) is 11.9. The predicted molar refractivity (Wildman–Crippen MR) is 180 cm³/mol. The lowest BCUT2D eigenvalue weighted by molar-refractivity contribution is 0.867. The number of hydrogen-bond acceptors (Lipinski definition) is 5. The van der Waals surface area contributed by atoms with Crippen molar-refractivity contribution < 1.29 is 0 Å². The lowest BCUT2D eigenvalue weighted by Gasteiger charge is -2.34. The summed E-state index contributed by atoms with van der Waals surface area (Å²) in [5.74, 6) is -2.30. The number of anilines is 2. The highest BCUT2D eigenvalue weighted by molar-refractivity contribution is 8.15. The Labute approximate surface area is 247 Å². The molecule has 40 heavy (non-hydrogen) atoms. The van der Waals surface area contributed by atoms with Crippen molar-refractivity contribution in [2.75, 3.05) is 10.2 Å². The largest absolute Gasteiger partial charge is 0.319 e. The highest BCUT2D eigenvalue weighted by atomic mass is 35.9. The Morgan fingerprint density at radius 2 is 0.925 bits per heavy atom. The van der Waals surface area contributed by atoms with Gasteiger partial charge >= 0.3 is 0 Å². The second-order valence-corrected chi connectivity index (χ2v) is 20.7. The quantitative estimate of drug-likeness (QED) is 0.191. The first-order valence-corrected chi connectivity index (χ1v) is 20.2. The van der Waals surface area contributed by atoms with Crippen LogP contribution in [0.25, 0.3) is 0 Å². The van der Waals surface area contributed by atoms with Crippen molar-refractivity contribution >= 4 is 65.1 Å². The van der Waals surface area contributed by atoms with E-state index in [-0.39, 0.29) is 0 Å². The van der Waals surface area contributed by atoms with Gasteiger partial charge in [0.1, 0.15) is 7.21 Å². The number of nitrogens with one attached hydrogen (secondary N) is 2. The Kier molecular flexibility index (Phi) is 8.72. The molecule has 4 aromatic rings. The summed E-state index contributed by atoms with van der Waals surface area (Å²) < 4.78 is 15.7. The zero-order valence-corrected chi connectivity index (χ0v) is 27.2. The number of hydrogen-bond donors (Lipinski definition) is 2. The average molecular weight is 628 g/mol. The zero-order chi connectivity index (χ0) is 28.4. The third-order valence-electron chi connectivity index (χ3n) is 6.69. The Morgan fingerprint density at radius 3 is 1.30 bits per heavy atom. The van der Waals surface area contributed by atoms with Gasteiger partial charge in [-0.2, -0.15) is 9.03 Å². The summed E-state index contributed by atoms with van der Waals surface area (Å²) in [5, 5.41) is 9.35. The number of benzene rings is 4. The van der Waals surface area contributed by atoms with Gasteiger partial charge in [-0.15, -0.1) is 0 Å². The molecular weight excluding hydrogens is 594 g/mol. The van der Waals surface area contributed by atoms with Gasteiger partial charge in [0.05, 0.1) is 0 Å². The highest BCUT2D eigenvalue weighted by Crippen LogP contribution is 2.80. The Hall–Kier alpha value is -2.25. The molecule has 0 unspecified atom stereocenters. The van der Waals surface area contributed by atoms with Crippen LogP contribution < -0.4 is 20.8 Å². The van der Waals surface area contributed by atoms with Crippen molar-refractivity contribution in [3.05, 3.63) is 120 Å². The van der Waals surface area contributed by atoms with Gasteiger partial charge in [-0.1, -0.05) is 113 Å². The molecule has 0 amide bonds. The van der Waals surface area contributed by atoms with Gasteiger partial charge in [0, 0.05) is 22.0 Å². The Balaban J connectivity index is 1.77. The molecule has 10 heteroatoms. The first-order chi connectivity index (χ1) is 19.1. The molecule has 0 aromatic heterocycles. The van der Waals surface area contributed by atoms with E-state index in [2.05, 4.69) is 111 Å². The summed E-state index contributed by atoms with van der Waals surface area (Å²) in [5.41, 5.74) is 4.31. The van der Waals surface area contributed by atoms with E-state index in [0.29, 0.717) is 11.8 Å². The van der Waals surface area contributed by atoms with E-state index < -0.39 is 20.6 Å². The summed E-state index contributed by atoms with van der Waals surface area (Å²) in [7, 11) is -5.79. The van der Waals surface area contributed by atoms with Crippen molar-refractivity contribution in [1.29, 1.82) is 0 Å². The number of halogens is 2. The molecule has 0 bridgehead atoms. The fourth-order valence-corrected chi connectivity index (χ4v) is 18.4. The third-order valence-corrected chi connectivity index (χ3v) is 18.2. The molecule has 1 aliphatic rings. The second-order valence-electron chi connectivity index (χ2n) is 10.4. The number of nitrogens with zero attached hydrogens (tertiary/aromatic N) is 3. The minimum absolute atomic E-state index is 0.428. The fourth-order valence-electron chi connectivity index (χ4n) is 4.54. The van der Waals surface area contributed by atoms with Crippen LogP contribution in [0.1, 0.15) is 50.7 Å². The molecule has 0 saturated carbocycles. The van der Waals surface area contributed by atoms with Gasteiger partial charge in [0.2, 0.25) is 0 Å². The van der Waals surface area contributed by atoms with Crippen molar-refractivity contribution in [3.8, 4) is 0 Å². The maximum atomic E-state index is 7.07. The van der Waals surface area contributed by atoms with Crippen LogP contribution in [0.15, 0.2) is 123 Å². The minimum Gasteiger partial charge on any atom is -0.319 e. The van der Waals surface area contributed by atoms with E-state index in [1.165, 1.54) is 11.1 Å². The van der Waals surface area contributed by atoms with Crippen LogP contribution in [0.3, 0.4) is 0 Å². The normalized spacial score (nSPS) is 16.9. The predicted octanol–water partition coefficient (Wildman–Crippen LogP) is 11.6. The summed E-state index contributed by atoms with van der Waals surface area (Å²) in [4.78, 5) is 0. The molecule has 5 rings (SSSR count). The molecule has 2 N–H and O–H groups in total. The molecule has 4 aromatic carbocycles. The van der Waals surface area contributed by atoms with Gasteiger partial charge in [0.15, 0.2) is 0 Å². The molecule has 5 nitrogen and oxygen atoms in total. The summed E-state index contributed by atoms with van der Waals surface area (Å²) >= 11 is 14.1. The molecule has 0 spiro atoms. The molecule has 208 valence electrons. The lowest BCUT2D eigenvalue weighted by atomic mass is 10.0. The molecule has 0 radical (unpaired) electrons. The van der Waals surface area contributed by atoms with Crippen LogP contribution in [0.4, 0.5) is 11.4 Å². The highest BCUT2D eigenvalue weighted by Gasteiger charge is 2.38. The summed E-state index contributed by atoms with van der Waals surface area (Å²) in [6.45, 7) is 8.74. The van der Waals surface area contributed by atoms with Crippen molar-refractivity contribution in [1.82, 2.24) is 0 Å². The molecule has 0 fully saturated rings. The first kappa shape index (κ1) is 29.2. The van der Waals surface area contributed by atoms with Crippen molar-refractivity contribution in [2.45, 2.75) is 39.5 Å². The van der Waals surface area contributed by atoms with Crippen LogP contribution in [-0.4, -0.2) is 0 Å². The van der Waals surface area contributed by atoms with E-state index in [4.69, 9.17) is 36.0 Å². The minimum atomic E-state index is -3.16. The smallest absolute Gasteiger partial charge is 0.265 e. The topological polar surface area (TPSA) is 61.1 Å². The molecule has 0 saturated heterocycles. The SMILES string of the molecule is CC(C)c1ccc(NP2(Nc3ccc(C(C)C)cc3)=NP(c3ccccc3)(c3ccccc3)=NP(Cl)(Cl)=N2)cc1. The van der Waals surface area contributed by atoms with Crippen LogP contribution in [0.5, 0.6) is 0 Å². The van der Waals surface area contributed by atoms with Gasteiger partial charge in [0.25, 0.3) is 13.4 Å². The van der Waals surface area contributed by atoms with E-state index in [9.17, 15) is 0 Å². The molecule has 0 aliphatic carbocycles. The summed E-state index contributed by atoms with van der Waals surface area (Å²) in [6, 6.07) is 37.1. The van der Waals surface area contributed by atoms with Crippen molar-refractivity contribution in [2.24, 2.45) is 13.5 Å². The summed E-state index contributed by atoms with van der Waals surface area (Å²) in [6.07, 6.45) is 0. The first-order valence-electron chi connectivity index (χ1n) is 13.3. The van der Waals surface area contributed by atoms with Gasteiger partial charge < -0.3 is 10.2 Å². The molecule has 1 aliphatic heterocycles. The van der Waals surface area contributed by atoms with E-state index in [1.807, 2.05) is 36.4 Å². The average Bonchev–Trinajstić information content (AvgIpc) is 2.93. The number of rotatable bonds is 8. The van der Waals surface area contributed by atoms with Crippen LogP contribution in [0, 0.1) is 0 Å². The Morgan fingerprint density at radius 1 is 0.525 bits per heavy atom. The lowest BCUT2D eigenvalue weighted by Crippen LogP contribution is -2.17. The van der Waals surface area contributed by atoms with E-state index in [1.54, 1.807) is 0 Å².